The smallest absolute Gasteiger partial charge is 0.262 e. The maximum Gasteiger partial charge on any atom is 0.262 e. The number of benzene rings is 2. The van der Waals surface area contributed by atoms with E-state index in [9.17, 15) is 8.42 Å². The molecule has 0 saturated heterocycles. The maximum absolute atomic E-state index is 12.9. The van der Waals surface area contributed by atoms with Gasteiger partial charge in [-0.15, -0.1) is 0 Å². The SMILES string of the molecule is COc1ccc(NS(=O)(=O)c2cccc(Cl)c2C)cc1OCc1cn2ccccc2n1. The molecule has 1 N–H and O–H groups in total. The summed E-state index contributed by atoms with van der Waals surface area (Å²) in [5, 5.41) is 0.383. The standard InChI is InChI=1S/C22H20ClN3O4S/c1-15-18(23)6-5-7-21(15)31(27,28)25-16-9-10-19(29-2)20(12-16)30-14-17-13-26-11-4-3-8-22(26)24-17/h3-13,25H,14H2,1-2H3. The summed E-state index contributed by atoms with van der Waals surface area (Å²) in [6.07, 6.45) is 3.77. The van der Waals surface area contributed by atoms with E-state index in [-0.39, 0.29) is 11.5 Å². The van der Waals surface area contributed by atoms with Gasteiger partial charge in [-0.05, 0) is 48.9 Å². The Hall–Kier alpha value is -3.23. The molecule has 4 aromatic rings. The van der Waals surface area contributed by atoms with Crippen LogP contribution in [0.5, 0.6) is 11.5 Å². The van der Waals surface area contributed by atoms with E-state index in [1.165, 1.54) is 13.2 Å². The number of methoxy groups -OCH3 is 1. The Morgan fingerprint density at radius 2 is 1.94 bits per heavy atom. The minimum Gasteiger partial charge on any atom is -0.493 e. The second-order valence-corrected chi connectivity index (χ2v) is 8.88. The molecule has 0 fully saturated rings. The Morgan fingerprint density at radius 1 is 1.10 bits per heavy atom. The van der Waals surface area contributed by atoms with Gasteiger partial charge in [0, 0.05) is 23.5 Å². The lowest BCUT2D eigenvalue weighted by Gasteiger charge is -2.14. The van der Waals surface area contributed by atoms with Crippen molar-refractivity contribution in [3.63, 3.8) is 0 Å². The van der Waals surface area contributed by atoms with E-state index in [1.54, 1.807) is 37.3 Å². The van der Waals surface area contributed by atoms with Gasteiger partial charge in [0.1, 0.15) is 12.3 Å². The van der Waals surface area contributed by atoms with Crippen LogP contribution < -0.4 is 14.2 Å². The lowest BCUT2D eigenvalue weighted by Crippen LogP contribution is -2.14. The van der Waals surface area contributed by atoms with E-state index in [1.807, 2.05) is 35.0 Å². The van der Waals surface area contributed by atoms with Gasteiger partial charge in [0.25, 0.3) is 10.0 Å². The molecule has 0 aliphatic heterocycles. The first-order valence-electron chi connectivity index (χ1n) is 9.39. The van der Waals surface area contributed by atoms with Gasteiger partial charge in [0.05, 0.1) is 23.4 Å². The summed E-state index contributed by atoms with van der Waals surface area (Å²) in [5.74, 6) is 0.869. The van der Waals surface area contributed by atoms with E-state index in [4.69, 9.17) is 21.1 Å². The van der Waals surface area contributed by atoms with Crippen molar-refractivity contribution in [1.82, 2.24) is 9.38 Å². The molecule has 0 amide bonds. The van der Waals surface area contributed by atoms with Gasteiger partial charge in [-0.2, -0.15) is 0 Å². The van der Waals surface area contributed by atoms with Gasteiger partial charge in [0.15, 0.2) is 11.5 Å². The van der Waals surface area contributed by atoms with Crippen LogP contribution in [-0.4, -0.2) is 24.9 Å². The number of hydrogen-bond donors (Lipinski definition) is 1. The van der Waals surface area contributed by atoms with E-state index in [0.29, 0.717) is 27.8 Å². The van der Waals surface area contributed by atoms with Crippen molar-refractivity contribution in [3.05, 3.63) is 83.3 Å². The first-order chi connectivity index (χ1) is 14.9. The number of aromatic nitrogens is 2. The van der Waals surface area contributed by atoms with Crippen LogP contribution >= 0.6 is 11.6 Å². The molecule has 0 bridgehead atoms. The molecule has 31 heavy (non-hydrogen) atoms. The summed E-state index contributed by atoms with van der Waals surface area (Å²) in [6.45, 7) is 1.86. The number of rotatable bonds is 7. The molecule has 160 valence electrons. The number of ether oxygens (including phenoxy) is 2. The Balaban J connectivity index is 1.57. The monoisotopic (exact) mass is 457 g/mol. The molecule has 0 saturated carbocycles. The molecule has 9 heteroatoms. The number of nitrogens with one attached hydrogen (secondary N) is 1. The molecule has 0 atom stereocenters. The second kappa shape index (κ2) is 8.49. The average Bonchev–Trinajstić information content (AvgIpc) is 3.17. The van der Waals surface area contributed by atoms with E-state index < -0.39 is 10.0 Å². The third kappa shape index (κ3) is 4.45. The Kier molecular flexibility index (Phi) is 5.75. The van der Waals surface area contributed by atoms with Gasteiger partial charge in [-0.3, -0.25) is 4.72 Å². The summed E-state index contributed by atoms with van der Waals surface area (Å²) in [5.41, 5.74) is 2.36. The predicted octanol–water partition coefficient (Wildman–Crippen LogP) is 4.68. The maximum atomic E-state index is 12.9. The van der Waals surface area contributed by atoms with Crippen LogP contribution in [0.25, 0.3) is 5.65 Å². The van der Waals surface area contributed by atoms with Gasteiger partial charge in [-0.25, -0.2) is 13.4 Å². The van der Waals surface area contributed by atoms with Crippen molar-refractivity contribution in [2.45, 2.75) is 18.4 Å². The van der Waals surface area contributed by atoms with Crippen molar-refractivity contribution in [2.24, 2.45) is 0 Å². The first kappa shape index (κ1) is 21.0. The van der Waals surface area contributed by atoms with Crippen LogP contribution in [0.3, 0.4) is 0 Å². The molecule has 0 unspecified atom stereocenters. The van der Waals surface area contributed by atoms with E-state index in [0.717, 1.165) is 11.3 Å². The number of imidazole rings is 1. The Labute approximate surface area is 185 Å². The van der Waals surface area contributed by atoms with Gasteiger partial charge in [0.2, 0.25) is 0 Å². The number of hydrogen-bond acceptors (Lipinski definition) is 5. The number of fused-ring (bicyclic) bond motifs is 1. The van der Waals surface area contributed by atoms with Crippen LogP contribution in [0.2, 0.25) is 5.02 Å². The summed E-state index contributed by atoms with van der Waals surface area (Å²) in [7, 11) is -2.31. The highest BCUT2D eigenvalue weighted by Gasteiger charge is 2.19. The molecular formula is C22H20ClN3O4S. The molecule has 0 aliphatic carbocycles. The van der Waals surface area contributed by atoms with E-state index >= 15 is 0 Å². The number of nitrogens with zero attached hydrogens (tertiary/aromatic N) is 2. The quantitative estimate of drug-likeness (QED) is 0.435. The fourth-order valence-corrected chi connectivity index (χ4v) is 4.70. The molecule has 2 aromatic carbocycles. The molecule has 4 rings (SSSR count). The predicted molar refractivity (Wildman–Crippen MR) is 120 cm³/mol. The average molecular weight is 458 g/mol. The molecule has 2 aromatic heterocycles. The van der Waals surface area contributed by atoms with Gasteiger partial charge >= 0.3 is 0 Å². The first-order valence-corrected chi connectivity index (χ1v) is 11.2. The zero-order valence-corrected chi connectivity index (χ0v) is 18.4. The van der Waals surface area contributed by atoms with Crippen molar-refractivity contribution >= 4 is 33.0 Å². The van der Waals surface area contributed by atoms with E-state index in [2.05, 4.69) is 9.71 Å². The summed E-state index contributed by atoms with van der Waals surface area (Å²) in [6, 6.07) is 15.3. The van der Waals surface area contributed by atoms with Crippen LogP contribution in [0.1, 0.15) is 11.3 Å². The Bertz CT molecular complexity index is 1320. The molecule has 0 spiro atoms. The Morgan fingerprint density at radius 3 is 2.71 bits per heavy atom. The third-order valence-electron chi connectivity index (χ3n) is 4.71. The molecule has 0 radical (unpaired) electrons. The van der Waals surface area contributed by atoms with Gasteiger partial charge in [-0.1, -0.05) is 23.7 Å². The highest BCUT2D eigenvalue weighted by molar-refractivity contribution is 7.92. The number of sulfonamides is 1. The van der Waals surface area contributed by atoms with Gasteiger partial charge < -0.3 is 13.9 Å². The summed E-state index contributed by atoms with van der Waals surface area (Å²) in [4.78, 5) is 4.61. The number of halogens is 1. The minimum atomic E-state index is -3.83. The molecule has 7 nitrogen and oxygen atoms in total. The largest absolute Gasteiger partial charge is 0.493 e. The fourth-order valence-electron chi connectivity index (χ4n) is 3.15. The van der Waals surface area contributed by atoms with Crippen molar-refractivity contribution in [1.29, 1.82) is 0 Å². The van der Waals surface area contributed by atoms with Crippen molar-refractivity contribution in [3.8, 4) is 11.5 Å². The highest BCUT2D eigenvalue weighted by atomic mass is 35.5. The van der Waals surface area contributed by atoms with Crippen molar-refractivity contribution in [2.75, 3.05) is 11.8 Å². The summed E-state index contributed by atoms with van der Waals surface area (Å²) < 4.78 is 41.4. The normalized spacial score (nSPS) is 11.5. The lowest BCUT2D eigenvalue weighted by atomic mass is 10.2. The molecule has 0 aliphatic rings. The van der Waals surface area contributed by atoms with Crippen LogP contribution in [-0.2, 0) is 16.6 Å². The highest BCUT2D eigenvalue weighted by Crippen LogP contribution is 2.32. The van der Waals surface area contributed by atoms with Crippen LogP contribution in [0.15, 0.2) is 71.9 Å². The lowest BCUT2D eigenvalue weighted by molar-refractivity contribution is 0.281. The van der Waals surface area contributed by atoms with Crippen molar-refractivity contribution < 1.29 is 17.9 Å². The minimum absolute atomic E-state index is 0.114. The van der Waals surface area contributed by atoms with Crippen LogP contribution in [0.4, 0.5) is 5.69 Å². The molecular weight excluding hydrogens is 438 g/mol. The number of anilines is 1. The zero-order chi connectivity index (χ0) is 22.0. The third-order valence-corrected chi connectivity index (χ3v) is 6.65. The summed E-state index contributed by atoms with van der Waals surface area (Å²) >= 11 is 6.08. The second-order valence-electron chi connectivity index (χ2n) is 6.82. The molecule has 2 heterocycles. The number of pyridine rings is 1. The van der Waals surface area contributed by atoms with Crippen LogP contribution in [0, 0.1) is 6.92 Å². The fraction of sp³-hybridized carbons (Fsp3) is 0.136. The topological polar surface area (TPSA) is 81.9 Å². The zero-order valence-electron chi connectivity index (χ0n) is 16.9.